The van der Waals surface area contributed by atoms with E-state index in [1.54, 1.807) is 13.1 Å². The summed E-state index contributed by atoms with van der Waals surface area (Å²) in [5, 5.41) is 11.6. The fraction of sp³-hybridized carbons (Fsp3) is 0.375. The van der Waals surface area contributed by atoms with Crippen LogP contribution in [-0.2, 0) is 13.1 Å². The van der Waals surface area contributed by atoms with Gasteiger partial charge < -0.3 is 15.2 Å². The highest BCUT2D eigenvalue weighted by Gasteiger charge is 2.08. The van der Waals surface area contributed by atoms with Crippen LogP contribution < -0.4 is 10.6 Å². The summed E-state index contributed by atoms with van der Waals surface area (Å²) in [4.78, 5) is 4.17. The molecule has 7 heteroatoms. The second-order valence-electron chi connectivity index (χ2n) is 5.39. The number of nitrogens with zero attached hydrogens (tertiary/aromatic N) is 2. The molecule has 1 aromatic heterocycles. The van der Waals surface area contributed by atoms with Gasteiger partial charge in [-0.3, -0.25) is 4.99 Å². The summed E-state index contributed by atoms with van der Waals surface area (Å²) in [5.41, 5.74) is 1.89. The van der Waals surface area contributed by atoms with Crippen molar-refractivity contribution in [3.63, 3.8) is 0 Å². The maximum Gasteiger partial charge on any atom is 0.191 e. The van der Waals surface area contributed by atoms with Crippen LogP contribution in [0, 0.1) is 0 Å². The largest absolute Gasteiger partial charge is 0.359 e. The Balaban J connectivity index is 1.88. The monoisotopic (exact) mass is 354 g/mol. The average Bonchev–Trinajstić information content (AvgIpc) is 2.98. The average molecular weight is 355 g/mol. The molecule has 0 unspecified atom stereocenters. The van der Waals surface area contributed by atoms with Gasteiger partial charge in [0.2, 0.25) is 0 Å². The number of hydrogen-bond acceptors (Lipinski definition) is 3. The van der Waals surface area contributed by atoms with Crippen molar-refractivity contribution in [2.24, 2.45) is 4.99 Å². The quantitative estimate of drug-likeness (QED) is 0.629. The molecule has 0 saturated carbocycles. The minimum Gasteiger partial charge on any atom is -0.359 e. The predicted octanol–water partition coefficient (Wildman–Crippen LogP) is 3.97. The molecule has 5 nitrogen and oxygen atoms in total. The van der Waals surface area contributed by atoms with Gasteiger partial charge in [0.1, 0.15) is 0 Å². The second-order valence-corrected chi connectivity index (χ2v) is 6.23. The van der Waals surface area contributed by atoms with Gasteiger partial charge in [-0.05, 0) is 23.6 Å². The normalized spacial score (nSPS) is 11.8. The summed E-state index contributed by atoms with van der Waals surface area (Å²) in [6, 6.07) is 7.36. The summed E-state index contributed by atoms with van der Waals surface area (Å²) >= 11 is 12.0. The van der Waals surface area contributed by atoms with Gasteiger partial charge in [0.25, 0.3) is 0 Å². The maximum absolute atomic E-state index is 6.15. The molecule has 2 aromatic rings. The second kappa shape index (κ2) is 8.22. The van der Waals surface area contributed by atoms with Crippen molar-refractivity contribution in [1.29, 1.82) is 0 Å². The molecule has 2 N–H and O–H groups in total. The molecule has 0 fully saturated rings. The molecule has 23 heavy (non-hydrogen) atoms. The molecule has 0 saturated heterocycles. The predicted molar refractivity (Wildman–Crippen MR) is 94.1 cm³/mol. The van der Waals surface area contributed by atoms with Crippen molar-refractivity contribution in [2.45, 2.75) is 32.9 Å². The highest BCUT2D eigenvalue weighted by Crippen LogP contribution is 2.20. The van der Waals surface area contributed by atoms with E-state index in [1.807, 2.05) is 18.2 Å². The third-order valence-electron chi connectivity index (χ3n) is 3.28. The Morgan fingerprint density at radius 3 is 2.57 bits per heavy atom. The van der Waals surface area contributed by atoms with Gasteiger partial charge in [0, 0.05) is 29.7 Å². The third-order valence-corrected chi connectivity index (χ3v) is 3.87. The number of rotatable bonds is 5. The van der Waals surface area contributed by atoms with E-state index >= 15 is 0 Å². The Bertz CT molecular complexity index is 682. The first-order valence-electron chi connectivity index (χ1n) is 7.33. The van der Waals surface area contributed by atoms with Crippen LogP contribution in [0.4, 0.5) is 0 Å². The summed E-state index contributed by atoms with van der Waals surface area (Å²) in [6.07, 6.45) is 0. The van der Waals surface area contributed by atoms with Crippen LogP contribution in [-0.4, -0.2) is 18.2 Å². The first kappa shape index (κ1) is 17.6. The first-order chi connectivity index (χ1) is 11.0. The molecule has 2 rings (SSSR count). The zero-order chi connectivity index (χ0) is 16.8. The number of halogens is 2. The lowest BCUT2D eigenvalue weighted by atomic mass is 10.1. The maximum atomic E-state index is 6.15. The Morgan fingerprint density at radius 2 is 1.96 bits per heavy atom. The molecule has 0 amide bonds. The van der Waals surface area contributed by atoms with Crippen LogP contribution >= 0.6 is 23.2 Å². The molecule has 0 aliphatic carbocycles. The lowest BCUT2D eigenvalue weighted by Gasteiger charge is -2.11. The molecular weight excluding hydrogens is 335 g/mol. The van der Waals surface area contributed by atoms with Crippen molar-refractivity contribution >= 4 is 29.2 Å². The van der Waals surface area contributed by atoms with Gasteiger partial charge in [-0.1, -0.05) is 48.3 Å². The minimum absolute atomic E-state index is 0.344. The molecule has 0 spiro atoms. The summed E-state index contributed by atoms with van der Waals surface area (Å²) in [6.45, 7) is 5.20. The first-order valence-corrected chi connectivity index (χ1v) is 8.09. The topological polar surface area (TPSA) is 62.5 Å². The van der Waals surface area contributed by atoms with Gasteiger partial charge in [-0.15, -0.1) is 0 Å². The SMILES string of the molecule is CN=C(NCc1cc(C(C)C)no1)NCc1ccc(Cl)cc1Cl. The molecule has 0 aliphatic heterocycles. The number of guanidine groups is 1. The zero-order valence-electron chi connectivity index (χ0n) is 13.4. The highest BCUT2D eigenvalue weighted by atomic mass is 35.5. The van der Waals surface area contributed by atoms with E-state index in [0.29, 0.717) is 35.0 Å². The number of benzene rings is 1. The number of nitrogens with one attached hydrogen (secondary N) is 2. The van der Waals surface area contributed by atoms with Gasteiger partial charge in [0.05, 0.1) is 12.2 Å². The molecule has 0 bridgehead atoms. The van der Waals surface area contributed by atoms with E-state index in [-0.39, 0.29) is 0 Å². The van der Waals surface area contributed by atoms with Crippen molar-refractivity contribution in [3.8, 4) is 0 Å². The van der Waals surface area contributed by atoms with Crippen LogP contribution in [0.3, 0.4) is 0 Å². The van der Waals surface area contributed by atoms with Gasteiger partial charge in [-0.25, -0.2) is 0 Å². The number of aliphatic imine (C=N–C) groups is 1. The van der Waals surface area contributed by atoms with Crippen molar-refractivity contribution < 1.29 is 4.52 Å². The van der Waals surface area contributed by atoms with E-state index in [2.05, 4.69) is 34.6 Å². The van der Waals surface area contributed by atoms with E-state index in [4.69, 9.17) is 27.7 Å². The van der Waals surface area contributed by atoms with Crippen molar-refractivity contribution in [1.82, 2.24) is 15.8 Å². The van der Waals surface area contributed by atoms with Crippen molar-refractivity contribution in [3.05, 3.63) is 51.3 Å². The number of hydrogen-bond donors (Lipinski definition) is 2. The Morgan fingerprint density at radius 1 is 1.22 bits per heavy atom. The Kier molecular flexibility index (Phi) is 6.30. The van der Waals surface area contributed by atoms with Crippen LogP contribution in [0.5, 0.6) is 0 Å². The van der Waals surface area contributed by atoms with Gasteiger partial charge >= 0.3 is 0 Å². The van der Waals surface area contributed by atoms with Gasteiger partial charge in [0.15, 0.2) is 11.7 Å². The van der Waals surface area contributed by atoms with E-state index in [1.165, 1.54) is 0 Å². The van der Waals surface area contributed by atoms with E-state index in [9.17, 15) is 0 Å². The summed E-state index contributed by atoms with van der Waals surface area (Å²) in [7, 11) is 1.71. The lowest BCUT2D eigenvalue weighted by Crippen LogP contribution is -2.36. The van der Waals surface area contributed by atoms with E-state index in [0.717, 1.165) is 17.0 Å². The smallest absolute Gasteiger partial charge is 0.191 e. The Labute approximate surface area is 146 Å². The standard InChI is InChI=1S/C16H20Cl2N4O/c1-10(2)15-7-13(23-22-15)9-21-16(19-3)20-8-11-4-5-12(17)6-14(11)18/h4-7,10H,8-9H2,1-3H3,(H2,19,20,21). The zero-order valence-corrected chi connectivity index (χ0v) is 14.9. The van der Waals surface area contributed by atoms with Crippen molar-refractivity contribution in [2.75, 3.05) is 7.05 Å². The van der Waals surface area contributed by atoms with Gasteiger partial charge in [-0.2, -0.15) is 0 Å². The molecule has 0 radical (unpaired) electrons. The molecule has 1 aromatic carbocycles. The highest BCUT2D eigenvalue weighted by molar-refractivity contribution is 6.35. The van der Waals surface area contributed by atoms with Crippen LogP contribution in [0.2, 0.25) is 10.0 Å². The summed E-state index contributed by atoms with van der Waals surface area (Å²) in [5.74, 6) is 1.76. The Hall–Kier alpha value is -1.72. The molecule has 1 heterocycles. The lowest BCUT2D eigenvalue weighted by molar-refractivity contribution is 0.372. The fourth-order valence-corrected chi connectivity index (χ4v) is 2.40. The van der Waals surface area contributed by atoms with Crippen LogP contribution in [0.1, 0.15) is 36.8 Å². The third kappa shape index (κ3) is 5.15. The fourth-order valence-electron chi connectivity index (χ4n) is 1.92. The van der Waals surface area contributed by atoms with Crippen LogP contribution in [0.15, 0.2) is 33.8 Å². The molecule has 0 aliphatic rings. The number of aromatic nitrogens is 1. The molecule has 0 atom stereocenters. The molecule has 124 valence electrons. The van der Waals surface area contributed by atoms with E-state index < -0.39 is 0 Å². The summed E-state index contributed by atoms with van der Waals surface area (Å²) < 4.78 is 5.28. The molecular formula is C16H20Cl2N4O. The van der Waals surface area contributed by atoms with Crippen LogP contribution in [0.25, 0.3) is 0 Å². The minimum atomic E-state index is 0.344.